The predicted octanol–water partition coefficient (Wildman–Crippen LogP) is 9.60. The van der Waals surface area contributed by atoms with E-state index in [0.717, 1.165) is 28.4 Å². The Hall–Kier alpha value is -3.97. The molecule has 0 unspecified atom stereocenters. The molecule has 2 aliphatic rings. The van der Waals surface area contributed by atoms with Crippen LogP contribution in [0.5, 0.6) is 11.5 Å². The van der Waals surface area contributed by atoms with Gasteiger partial charge in [0.05, 0.1) is 11.5 Å². The lowest BCUT2D eigenvalue weighted by molar-refractivity contribution is -0.178. The van der Waals surface area contributed by atoms with Crippen LogP contribution in [0.3, 0.4) is 0 Å². The first-order valence-electron chi connectivity index (χ1n) is 17.7. The van der Waals surface area contributed by atoms with Gasteiger partial charge in [0, 0.05) is 5.56 Å². The molecule has 3 rings (SSSR count). The SMILES string of the molecule is C=C(C)[C@@H](O)CC/C(C)=C/C[C@@H]1C[C@@]2(CC=C(C)C)C(=O)/C(=C(\O)c3ccc(O)c(O)c3)C(=O)[C@](CC=C(C)C)(C2=O)[C@@]1(C)CCC=C(C)C. The van der Waals surface area contributed by atoms with Gasteiger partial charge in [0.15, 0.2) is 28.8 Å². The van der Waals surface area contributed by atoms with Gasteiger partial charge in [0.25, 0.3) is 0 Å². The van der Waals surface area contributed by atoms with E-state index in [9.17, 15) is 25.2 Å². The van der Waals surface area contributed by atoms with Crippen LogP contribution in [-0.2, 0) is 14.4 Å². The van der Waals surface area contributed by atoms with E-state index in [2.05, 4.69) is 18.7 Å². The first kappa shape index (κ1) is 40.5. The van der Waals surface area contributed by atoms with E-state index in [-0.39, 0.29) is 36.5 Å². The minimum absolute atomic E-state index is 0.00236. The molecule has 0 heterocycles. The van der Waals surface area contributed by atoms with Gasteiger partial charge in [-0.2, -0.15) is 0 Å². The van der Waals surface area contributed by atoms with Crippen molar-refractivity contribution in [2.45, 2.75) is 120 Å². The Kier molecular flexibility index (Phi) is 12.9. The fourth-order valence-corrected chi connectivity index (χ4v) is 7.80. The second kappa shape index (κ2) is 15.9. The summed E-state index contributed by atoms with van der Waals surface area (Å²) in [6.07, 6.45) is 10.6. The van der Waals surface area contributed by atoms with Crippen molar-refractivity contribution >= 4 is 23.1 Å². The summed E-state index contributed by atoms with van der Waals surface area (Å²) in [5.41, 5.74) is 0.0973. The van der Waals surface area contributed by atoms with Crippen LogP contribution in [0.25, 0.3) is 5.76 Å². The van der Waals surface area contributed by atoms with Crippen molar-refractivity contribution in [2.24, 2.45) is 22.2 Å². The van der Waals surface area contributed by atoms with Crippen LogP contribution in [-0.4, -0.2) is 43.9 Å². The summed E-state index contributed by atoms with van der Waals surface area (Å²) in [5.74, 6) is -3.57. The monoisotopic (exact) mass is 686 g/mol. The molecule has 0 radical (unpaired) electrons. The fourth-order valence-electron chi connectivity index (χ4n) is 7.80. The van der Waals surface area contributed by atoms with E-state index in [1.54, 1.807) is 6.92 Å². The highest BCUT2D eigenvalue weighted by molar-refractivity contribution is 6.41. The number of ketones is 3. The van der Waals surface area contributed by atoms with Gasteiger partial charge in [-0.05, 0) is 136 Å². The molecule has 0 amide bonds. The smallest absolute Gasteiger partial charge is 0.184 e. The average molecular weight is 687 g/mol. The highest BCUT2D eigenvalue weighted by atomic mass is 16.3. The van der Waals surface area contributed by atoms with Gasteiger partial charge < -0.3 is 20.4 Å². The number of hydrogen-bond acceptors (Lipinski definition) is 7. The van der Waals surface area contributed by atoms with Crippen molar-refractivity contribution < 1.29 is 34.8 Å². The van der Waals surface area contributed by atoms with Crippen LogP contribution in [0.15, 0.2) is 82.5 Å². The van der Waals surface area contributed by atoms with Crippen LogP contribution in [0.1, 0.15) is 119 Å². The van der Waals surface area contributed by atoms with Gasteiger partial charge >= 0.3 is 0 Å². The number of Topliss-reactive ketones (excluding diaryl/α,β-unsaturated/α-hetero) is 3. The van der Waals surface area contributed by atoms with Crippen molar-refractivity contribution in [1.29, 1.82) is 0 Å². The Balaban J connectivity index is 2.42. The van der Waals surface area contributed by atoms with Gasteiger partial charge in [-0.3, -0.25) is 14.4 Å². The molecule has 2 saturated carbocycles. The van der Waals surface area contributed by atoms with Crippen LogP contribution >= 0.6 is 0 Å². The average Bonchev–Trinajstić information content (AvgIpc) is 3.03. The summed E-state index contributed by atoms with van der Waals surface area (Å²) in [6.45, 7) is 21.3. The highest BCUT2D eigenvalue weighted by Gasteiger charge is 2.74. The lowest BCUT2D eigenvalue weighted by atomic mass is 9.37. The van der Waals surface area contributed by atoms with E-state index in [0.29, 0.717) is 37.7 Å². The molecule has 0 aliphatic heterocycles. The van der Waals surface area contributed by atoms with Crippen molar-refractivity contribution in [3.63, 3.8) is 0 Å². The molecule has 1 aromatic rings. The van der Waals surface area contributed by atoms with E-state index in [1.165, 1.54) is 12.1 Å². The summed E-state index contributed by atoms with van der Waals surface area (Å²) in [6, 6.07) is 3.64. The molecule has 2 aliphatic carbocycles. The summed E-state index contributed by atoms with van der Waals surface area (Å²) in [4.78, 5) is 45.6. The third kappa shape index (κ3) is 7.83. The molecule has 1 aromatic carbocycles. The first-order valence-corrected chi connectivity index (χ1v) is 17.7. The van der Waals surface area contributed by atoms with Gasteiger partial charge in [-0.15, -0.1) is 0 Å². The zero-order valence-electron chi connectivity index (χ0n) is 31.6. The van der Waals surface area contributed by atoms with E-state index >= 15 is 9.59 Å². The van der Waals surface area contributed by atoms with Crippen molar-refractivity contribution in [3.8, 4) is 11.5 Å². The molecule has 0 aromatic heterocycles. The maximum atomic E-state index is 15.4. The molecule has 2 bridgehead atoms. The van der Waals surface area contributed by atoms with Crippen LogP contribution in [0, 0.1) is 22.2 Å². The van der Waals surface area contributed by atoms with Gasteiger partial charge in [-0.25, -0.2) is 0 Å². The first-order chi connectivity index (χ1) is 23.2. The molecule has 2 fully saturated rings. The summed E-state index contributed by atoms with van der Waals surface area (Å²) in [5, 5.41) is 42.4. The third-order valence-electron chi connectivity index (χ3n) is 11.1. The maximum Gasteiger partial charge on any atom is 0.184 e. The number of phenols is 2. The molecule has 7 heteroatoms. The standard InChI is InChI=1S/C43H58O7/c1-26(2)12-11-21-41(10)32(16-13-30(9)14-17-33(44)29(7)8)25-42(22-19-27(3)4)38(48)36(37(47)31-15-18-34(45)35(46)24-31)39(49)43(41,40(42)50)23-20-28(5)6/h12-13,15,18-20,24,32-33,44-47H,7,11,14,16-17,21-23,25H2,1-6,8-10H3/b30-13+,37-36+/t32-,33+,41+,42+,43-/m1/s1. The molecular weight excluding hydrogens is 628 g/mol. The maximum absolute atomic E-state index is 15.4. The van der Waals surface area contributed by atoms with E-state index < -0.39 is 56.7 Å². The molecule has 4 N–H and O–H groups in total. The Morgan fingerprint density at radius 3 is 2.04 bits per heavy atom. The lowest BCUT2D eigenvalue weighted by Crippen LogP contribution is -2.70. The topological polar surface area (TPSA) is 132 Å². The number of hydrogen-bond donors (Lipinski definition) is 4. The minimum atomic E-state index is -1.67. The Bertz CT molecular complexity index is 1670. The highest BCUT2D eigenvalue weighted by Crippen LogP contribution is 2.67. The zero-order valence-corrected chi connectivity index (χ0v) is 31.6. The number of aliphatic hydroxyl groups is 2. The quantitative estimate of drug-likeness (QED) is 0.0383. The number of aliphatic hydroxyl groups excluding tert-OH is 2. The van der Waals surface area contributed by atoms with Gasteiger partial charge in [0.2, 0.25) is 0 Å². The predicted molar refractivity (Wildman–Crippen MR) is 201 cm³/mol. The number of fused-ring (bicyclic) bond motifs is 2. The molecule has 0 spiro atoms. The number of aromatic hydroxyl groups is 2. The van der Waals surface area contributed by atoms with Crippen LogP contribution in [0.2, 0.25) is 0 Å². The van der Waals surface area contributed by atoms with Gasteiger partial charge in [-0.1, -0.05) is 65.7 Å². The van der Waals surface area contributed by atoms with Gasteiger partial charge in [0.1, 0.15) is 16.7 Å². The fraction of sp³-hybridized carbons (Fsp3) is 0.512. The molecule has 50 heavy (non-hydrogen) atoms. The Labute approximate surface area is 298 Å². The zero-order chi connectivity index (χ0) is 37.8. The van der Waals surface area contributed by atoms with Crippen LogP contribution in [0.4, 0.5) is 0 Å². The largest absolute Gasteiger partial charge is 0.506 e. The normalized spacial score (nSPS) is 26.6. The number of benzene rings is 1. The number of rotatable bonds is 14. The number of carbonyl (C=O) groups is 3. The second-order valence-corrected chi connectivity index (χ2v) is 15.7. The Morgan fingerprint density at radius 1 is 0.880 bits per heavy atom. The third-order valence-corrected chi connectivity index (χ3v) is 11.1. The summed E-state index contributed by atoms with van der Waals surface area (Å²) in [7, 11) is 0. The van der Waals surface area contributed by atoms with Crippen molar-refractivity contribution in [3.05, 3.63) is 88.1 Å². The minimum Gasteiger partial charge on any atom is -0.506 e. The molecular formula is C43H58O7. The molecule has 0 saturated heterocycles. The summed E-state index contributed by atoms with van der Waals surface area (Å²) < 4.78 is 0. The number of carbonyl (C=O) groups excluding carboxylic acids is 3. The van der Waals surface area contributed by atoms with Crippen molar-refractivity contribution in [2.75, 3.05) is 0 Å². The van der Waals surface area contributed by atoms with Crippen molar-refractivity contribution in [1.82, 2.24) is 0 Å². The lowest BCUT2D eigenvalue weighted by Gasteiger charge is -2.61. The van der Waals surface area contributed by atoms with Crippen LogP contribution < -0.4 is 0 Å². The second-order valence-electron chi connectivity index (χ2n) is 15.7. The molecule has 272 valence electrons. The van der Waals surface area contributed by atoms with E-state index in [4.69, 9.17) is 0 Å². The van der Waals surface area contributed by atoms with E-state index in [1.807, 2.05) is 67.5 Å². The molecule has 7 nitrogen and oxygen atoms in total. The number of phenolic OH excluding ortho intramolecular Hbond substituents is 2. The number of allylic oxidation sites excluding steroid dienone is 9. The summed E-state index contributed by atoms with van der Waals surface area (Å²) >= 11 is 0. The molecule has 5 atom stereocenters. The Morgan fingerprint density at radius 2 is 1.48 bits per heavy atom.